The van der Waals surface area contributed by atoms with Gasteiger partial charge in [-0.1, -0.05) is 6.07 Å². The maximum Gasteiger partial charge on any atom is 0.218 e. The SMILES string of the molecule is CCNC(=NCc1cccnc1OCCOC)NCC. The highest BCUT2D eigenvalue weighted by Crippen LogP contribution is 2.15. The molecule has 0 aliphatic carbocycles. The summed E-state index contributed by atoms with van der Waals surface area (Å²) in [4.78, 5) is 8.74. The monoisotopic (exact) mass is 280 g/mol. The number of rotatable bonds is 8. The maximum atomic E-state index is 5.58. The normalized spacial score (nSPS) is 9.95. The molecule has 0 radical (unpaired) electrons. The molecule has 1 heterocycles. The molecule has 1 aromatic heterocycles. The number of nitrogens with zero attached hydrogens (tertiary/aromatic N) is 2. The van der Waals surface area contributed by atoms with E-state index in [9.17, 15) is 0 Å². The number of aromatic nitrogens is 1. The molecule has 2 N–H and O–H groups in total. The Morgan fingerprint density at radius 1 is 1.25 bits per heavy atom. The average molecular weight is 280 g/mol. The van der Waals surface area contributed by atoms with Gasteiger partial charge < -0.3 is 20.1 Å². The van der Waals surface area contributed by atoms with E-state index < -0.39 is 0 Å². The summed E-state index contributed by atoms with van der Waals surface area (Å²) in [5.74, 6) is 1.40. The second-order valence-electron chi connectivity index (χ2n) is 4.03. The van der Waals surface area contributed by atoms with Crippen molar-refractivity contribution in [3.63, 3.8) is 0 Å². The third-order valence-electron chi connectivity index (χ3n) is 2.47. The highest BCUT2D eigenvalue weighted by atomic mass is 16.5. The van der Waals surface area contributed by atoms with Crippen LogP contribution >= 0.6 is 0 Å². The van der Waals surface area contributed by atoms with Crippen LogP contribution < -0.4 is 15.4 Å². The highest BCUT2D eigenvalue weighted by Gasteiger charge is 2.04. The average Bonchev–Trinajstić information content (AvgIpc) is 2.47. The van der Waals surface area contributed by atoms with Crippen molar-refractivity contribution in [3.8, 4) is 5.88 Å². The minimum Gasteiger partial charge on any atom is -0.475 e. The Labute approximate surface area is 120 Å². The summed E-state index contributed by atoms with van der Waals surface area (Å²) >= 11 is 0. The molecule has 0 aliphatic heterocycles. The van der Waals surface area contributed by atoms with Crippen LogP contribution in [0.15, 0.2) is 23.3 Å². The summed E-state index contributed by atoms with van der Waals surface area (Å²) < 4.78 is 10.5. The molecule has 6 nitrogen and oxygen atoms in total. The van der Waals surface area contributed by atoms with Crippen molar-refractivity contribution in [3.05, 3.63) is 23.9 Å². The Morgan fingerprint density at radius 2 is 2.00 bits per heavy atom. The summed E-state index contributed by atoms with van der Waals surface area (Å²) in [6.45, 7) is 7.28. The predicted molar refractivity (Wildman–Crippen MR) is 80.1 cm³/mol. The van der Waals surface area contributed by atoms with E-state index in [-0.39, 0.29) is 0 Å². The summed E-state index contributed by atoms with van der Waals surface area (Å²) in [6.07, 6.45) is 1.71. The zero-order chi connectivity index (χ0) is 14.6. The van der Waals surface area contributed by atoms with Crippen LogP contribution in [0.25, 0.3) is 0 Å². The number of guanidine groups is 1. The summed E-state index contributed by atoms with van der Waals surface area (Å²) in [5, 5.41) is 6.37. The Kier molecular flexibility index (Phi) is 8.14. The van der Waals surface area contributed by atoms with Crippen LogP contribution in [-0.2, 0) is 11.3 Å². The van der Waals surface area contributed by atoms with Gasteiger partial charge in [0.25, 0.3) is 0 Å². The van der Waals surface area contributed by atoms with Crippen LogP contribution in [0.5, 0.6) is 5.88 Å². The number of hydrogen-bond acceptors (Lipinski definition) is 4. The topological polar surface area (TPSA) is 67.8 Å². The fourth-order valence-corrected chi connectivity index (χ4v) is 1.57. The van der Waals surface area contributed by atoms with Crippen molar-refractivity contribution in [1.82, 2.24) is 15.6 Å². The molecule has 0 aliphatic rings. The largest absolute Gasteiger partial charge is 0.475 e. The smallest absolute Gasteiger partial charge is 0.218 e. The molecule has 0 saturated carbocycles. The molecule has 1 rings (SSSR count). The summed E-state index contributed by atoms with van der Waals surface area (Å²) in [6, 6.07) is 3.85. The lowest BCUT2D eigenvalue weighted by Crippen LogP contribution is -2.37. The number of aliphatic imine (C=N–C) groups is 1. The molecule has 0 spiro atoms. The number of methoxy groups -OCH3 is 1. The van der Waals surface area contributed by atoms with Crippen molar-refractivity contribution in [2.45, 2.75) is 20.4 Å². The molecule has 112 valence electrons. The first-order valence-corrected chi connectivity index (χ1v) is 6.89. The Morgan fingerprint density at radius 3 is 2.65 bits per heavy atom. The van der Waals surface area contributed by atoms with Crippen molar-refractivity contribution in [2.75, 3.05) is 33.4 Å². The zero-order valence-corrected chi connectivity index (χ0v) is 12.5. The third kappa shape index (κ3) is 5.88. The summed E-state index contributed by atoms with van der Waals surface area (Å²) in [7, 11) is 1.64. The van der Waals surface area contributed by atoms with E-state index in [0.29, 0.717) is 25.6 Å². The molecule has 1 aromatic rings. The van der Waals surface area contributed by atoms with E-state index in [1.165, 1.54) is 0 Å². The van der Waals surface area contributed by atoms with E-state index in [1.54, 1.807) is 13.3 Å². The van der Waals surface area contributed by atoms with Crippen LogP contribution in [-0.4, -0.2) is 44.4 Å². The Hall–Kier alpha value is -1.82. The second-order valence-corrected chi connectivity index (χ2v) is 4.03. The lowest BCUT2D eigenvalue weighted by atomic mass is 10.3. The van der Waals surface area contributed by atoms with Gasteiger partial charge >= 0.3 is 0 Å². The van der Waals surface area contributed by atoms with Crippen LogP contribution in [0.4, 0.5) is 0 Å². The van der Waals surface area contributed by atoms with E-state index in [0.717, 1.165) is 24.6 Å². The lowest BCUT2D eigenvalue weighted by Gasteiger charge is -2.11. The van der Waals surface area contributed by atoms with Crippen molar-refractivity contribution < 1.29 is 9.47 Å². The van der Waals surface area contributed by atoms with Gasteiger partial charge in [0.15, 0.2) is 5.96 Å². The first-order valence-electron chi connectivity index (χ1n) is 6.89. The number of ether oxygens (including phenoxy) is 2. The van der Waals surface area contributed by atoms with Crippen molar-refractivity contribution in [1.29, 1.82) is 0 Å². The molecule has 20 heavy (non-hydrogen) atoms. The van der Waals surface area contributed by atoms with Crippen molar-refractivity contribution >= 4 is 5.96 Å². The Balaban J connectivity index is 2.67. The van der Waals surface area contributed by atoms with Gasteiger partial charge in [-0.2, -0.15) is 0 Å². The second kappa shape index (κ2) is 10.0. The highest BCUT2D eigenvalue weighted by molar-refractivity contribution is 5.79. The first kappa shape index (κ1) is 16.2. The van der Waals surface area contributed by atoms with E-state index >= 15 is 0 Å². The molecule has 0 fully saturated rings. The third-order valence-corrected chi connectivity index (χ3v) is 2.47. The van der Waals surface area contributed by atoms with Gasteiger partial charge in [0.05, 0.1) is 13.2 Å². The van der Waals surface area contributed by atoms with Gasteiger partial charge in [-0.15, -0.1) is 0 Å². The summed E-state index contributed by atoms with van der Waals surface area (Å²) in [5.41, 5.74) is 0.955. The fraction of sp³-hybridized carbons (Fsp3) is 0.571. The molecule has 0 aromatic carbocycles. The van der Waals surface area contributed by atoms with Gasteiger partial charge in [-0.25, -0.2) is 9.98 Å². The molecule has 0 unspecified atom stereocenters. The van der Waals surface area contributed by atoms with Gasteiger partial charge in [-0.05, 0) is 19.9 Å². The quantitative estimate of drug-likeness (QED) is 0.425. The predicted octanol–water partition coefficient (Wildman–Crippen LogP) is 1.18. The molecular formula is C14H24N4O2. The lowest BCUT2D eigenvalue weighted by molar-refractivity contribution is 0.143. The molecule has 0 amide bonds. The van der Waals surface area contributed by atoms with Crippen LogP contribution in [0.3, 0.4) is 0 Å². The molecular weight excluding hydrogens is 256 g/mol. The van der Waals surface area contributed by atoms with E-state index in [4.69, 9.17) is 9.47 Å². The molecule has 0 atom stereocenters. The van der Waals surface area contributed by atoms with Gasteiger partial charge in [0, 0.05) is 32.0 Å². The van der Waals surface area contributed by atoms with Crippen LogP contribution in [0.1, 0.15) is 19.4 Å². The Bertz CT molecular complexity index is 402. The van der Waals surface area contributed by atoms with Gasteiger partial charge in [0.2, 0.25) is 5.88 Å². The minimum atomic E-state index is 0.484. The number of hydrogen-bond donors (Lipinski definition) is 2. The maximum absolute atomic E-state index is 5.58. The number of nitrogens with one attached hydrogen (secondary N) is 2. The minimum absolute atomic E-state index is 0.484. The standard InChI is InChI=1S/C14H24N4O2/c1-4-15-14(16-5-2)18-11-12-7-6-8-17-13(12)20-10-9-19-3/h6-8H,4-5,9-11H2,1-3H3,(H2,15,16,18). The number of pyridine rings is 1. The molecule has 0 bridgehead atoms. The van der Waals surface area contributed by atoms with E-state index in [1.807, 2.05) is 26.0 Å². The zero-order valence-electron chi connectivity index (χ0n) is 12.5. The first-order chi connectivity index (χ1) is 9.81. The van der Waals surface area contributed by atoms with Gasteiger partial charge in [0.1, 0.15) is 6.61 Å². The van der Waals surface area contributed by atoms with Gasteiger partial charge in [-0.3, -0.25) is 0 Å². The fourth-order valence-electron chi connectivity index (χ4n) is 1.57. The van der Waals surface area contributed by atoms with Crippen LogP contribution in [0.2, 0.25) is 0 Å². The van der Waals surface area contributed by atoms with E-state index in [2.05, 4.69) is 20.6 Å². The van der Waals surface area contributed by atoms with Crippen molar-refractivity contribution in [2.24, 2.45) is 4.99 Å². The molecule has 6 heteroatoms. The molecule has 0 saturated heterocycles. The van der Waals surface area contributed by atoms with Crippen LogP contribution in [0, 0.1) is 0 Å².